The van der Waals surface area contributed by atoms with Crippen molar-refractivity contribution in [3.63, 3.8) is 0 Å². The van der Waals surface area contributed by atoms with Gasteiger partial charge in [0.15, 0.2) is 0 Å². The van der Waals surface area contributed by atoms with Crippen LogP contribution in [0.1, 0.15) is 13.3 Å². The lowest BCUT2D eigenvalue weighted by Crippen LogP contribution is -2.51. The minimum atomic E-state index is -0.888. The fourth-order valence-corrected chi connectivity index (χ4v) is 3.45. The van der Waals surface area contributed by atoms with Crippen LogP contribution in [0, 0.1) is 5.41 Å². The molecule has 2 heterocycles. The Morgan fingerprint density at radius 2 is 1.90 bits per heavy atom. The van der Waals surface area contributed by atoms with Gasteiger partial charge in [0.2, 0.25) is 11.9 Å². The average molecular weight is 317 g/mol. The first-order valence-electron chi connectivity index (χ1n) is 6.75. The van der Waals surface area contributed by atoms with E-state index in [1.54, 1.807) is 6.20 Å². The van der Waals surface area contributed by atoms with Crippen LogP contribution in [0.4, 0.5) is 5.95 Å². The van der Waals surface area contributed by atoms with Gasteiger partial charge in [-0.05, 0) is 13.3 Å². The smallest absolute Gasteiger partial charge is 0.231 e. The standard InChI is InChI=1S/C13H18Cl2N4O/c1-12(9-13(12,14)15)10(20)18-5-7-19(8-6-18)11-16-3-4-17(11)2/h3-4H,5-9H2,1-2H3. The number of aromatic nitrogens is 2. The Morgan fingerprint density at radius 3 is 2.35 bits per heavy atom. The Labute approximate surface area is 128 Å². The van der Waals surface area contributed by atoms with Crippen molar-refractivity contribution in [2.45, 2.75) is 17.7 Å². The van der Waals surface area contributed by atoms with Crippen LogP contribution >= 0.6 is 23.2 Å². The van der Waals surface area contributed by atoms with Gasteiger partial charge in [0.25, 0.3) is 0 Å². The van der Waals surface area contributed by atoms with E-state index >= 15 is 0 Å². The first-order chi connectivity index (χ1) is 9.35. The SMILES string of the molecule is Cn1ccnc1N1CCN(C(=O)C2(C)CC2(Cl)Cl)CC1. The molecule has 2 aliphatic rings. The van der Waals surface area contributed by atoms with Crippen molar-refractivity contribution in [3.05, 3.63) is 12.4 Å². The number of carbonyl (C=O) groups is 1. The van der Waals surface area contributed by atoms with E-state index in [0.29, 0.717) is 19.5 Å². The van der Waals surface area contributed by atoms with Crippen molar-refractivity contribution in [1.82, 2.24) is 14.5 Å². The molecule has 1 amide bonds. The molecule has 1 aliphatic carbocycles. The third-order valence-electron chi connectivity index (χ3n) is 4.38. The Balaban J connectivity index is 1.62. The second-order valence-electron chi connectivity index (χ2n) is 5.83. The number of rotatable bonds is 2. The molecule has 0 radical (unpaired) electrons. The van der Waals surface area contributed by atoms with Gasteiger partial charge in [0, 0.05) is 45.6 Å². The molecule has 0 spiro atoms. The number of imidazole rings is 1. The molecule has 1 aliphatic heterocycles. The molecule has 1 aromatic rings. The fraction of sp³-hybridized carbons (Fsp3) is 0.692. The molecule has 3 rings (SSSR count). The van der Waals surface area contributed by atoms with Crippen molar-refractivity contribution < 1.29 is 4.79 Å². The topological polar surface area (TPSA) is 41.4 Å². The molecule has 110 valence electrons. The summed E-state index contributed by atoms with van der Waals surface area (Å²) in [5.41, 5.74) is -0.610. The number of amides is 1. The minimum absolute atomic E-state index is 0.0713. The van der Waals surface area contributed by atoms with Crippen LogP contribution in [-0.4, -0.2) is 50.9 Å². The van der Waals surface area contributed by atoms with Gasteiger partial charge in [-0.25, -0.2) is 4.98 Å². The number of piperazine rings is 1. The highest BCUT2D eigenvalue weighted by atomic mass is 35.5. The molecular formula is C13H18Cl2N4O. The third-order valence-corrected chi connectivity index (χ3v) is 5.48. The summed E-state index contributed by atoms with van der Waals surface area (Å²) in [5, 5.41) is 0. The van der Waals surface area contributed by atoms with Gasteiger partial charge >= 0.3 is 0 Å². The first kappa shape index (κ1) is 14.0. The summed E-state index contributed by atoms with van der Waals surface area (Å²) in [5.74, 6) is 1.01. The average Bonchev–Trinajstić information content (AvgIpc) is 2.74. The van der Waals surface area contributed by atoms with Gasteiger partial charge < -0.3 is 14.4 Å². The van der Waals surface area contributed by atoms with E-state index in [1.807, 2.05) is 29.6 Å². The van der Waals surface area contributed by atoms with Gasteiger partial charge in [-0.15, -0.1) is 23.2 Å². The molecular weight excluding hydrogens is 299 g/mol. The highest BCUT2D eigenvalue weighted by molar-refractivity contribution is 6.53. The van der Waals surface area contributed by atoms with Crippen LogP contribution in [0.25, 0.3) is 0 Å². The molecule has 0 N–H and O–H groups in total. The zero-order valence-electron chi connectivity index (χ0n) is 11.6. The Kier molecular flexibility index (Phi) is 3.18. The molecule has 1 unspecified atom stereocenters. The van der Waals surface area contributed by atoms with E-state index in [2.05, 4.69) is 9.88 Å². The lowest BCUT2D eigenvalue weighted by atomic mass is 10.1. The second-order valence-corrected chi connectivity index (χ2v) is 7.31. The number of hydrogen-bond acceptors (Lipinski definition) is 3. The summed E-state index contributed by atoms with van der Waals surface area (Å²) in [6.07, 6.45) is 4.25. The van der Waals surface area contributed by atoms with Gasteiger partial charge in [0.05, 0.1) is 5.41 Å². The fourth-order valence-electron chi connectivity index (χ4n) is 2.75. The summed E-state index contributed by atoms with van der Waals surface area (Å²) in [6.45, 7) is 4.78. The Bertz CT molecular complexity index is 536. The van der Waals surface area contributed by atoms with E-state index in [4.69, 9.17) is 23.2 Å². The molecule has 0 bridgehead atoms. The zero-order chi connectivity index (χ0) is 14.5. The van der Waals surface area contributed by atoms with E-state index in [-0.39, 0.29) is 5.91 Å². The van der Waals surface area contributed by atoms with Crippen molar-refractivity contribution in [2.75, 3.05) is 31.1 Å². The van der Waals surface area contributed by atoms with Gasteiger partial charge in [-0.2, -0.15) is 0 Å². The maximum absolute atomic E-state index is 12.5. The summed E-state index contributed by atoms with van der Waals surface area (Å²) < 4.78 is 1.10. The van der Waals surface area contributed by atoms with Crippen LogP contribution in [0.3, 0.4) is 0 Å². The van der Waals surface area contributed by atoms with Crippen LogP contribution in [0.15, 0.2) is 12.4 Å². The maximum Gasteiger partial charge on any atom is 0.231 e. The van der Waals surface area contributed by atoms with E-state index < -0.39 is 9.75 Å². The van der Waals surface area contributed by atoms with Gasteiger partial charge in [0.1, 0.15) is 4.33 Å². The van der Waals surface area contributed by atoms with Gasteiger partial charge in [-0.3, -0.25) is 4.79 Å². The maximum atomic E-state index is 12.5. The van der Waals surface area contributed by atoms with E-state index in [0.717, 1.165) is 19.0 Å². The van der Waals surface area contributed by atoms with Crippen LogP contribution in [0.5, 0.6) is 0 Å². The zero-order valence-corrected chi connectivity index (χ0v) is 13.2. The summed E-state index contributed by atoms with van der Waals surface area (Å²) >= 11 is 12.2. The minimum Gasteiger partial charge on any atom is -0.339 e. The summed E-state index contributed by atoms with van der Waals surface area (Å²) in [7, 11) is 1.97. The Morgan fingerprint density at radius 1 is 1.30 bits per heavy atom. The molecule has 1 atom stereocenters. The largest absolute Gasteiger partial charge is 0.339 e. The molecule has 7 heteroatoms. The van der Waals surface area contributed by atoms with Crippen molar-refractivity contribution in [1.29, 1.82) is 0 Å². The molecule has 1 saturated carbocycles. The number of alkyl halides is 2. The normalized spacial score (nSPS) is 28.6. The number of aryl methyl sites for hydroxylation is 1. The highest BCUT2D eigenvalue weighted by Crippen LogP contribution is 2.64. The number of hydrogen-bond donors (Lipinski definition) is 0. The lowest BCUT2D eigenvalue weighted by molar-refractivity contribution is -0.136. The monoisotopic (exact) mass is 316 g/mol. The van der Waals surface area contributed by atoms with Gasteiger partial charge in [-0.1, -0.05) is 0 Å². The number of anilines is 1. The predicted octanol–water partition coefficient (Wildman–Crippen LogP) is 1.65. The molecule has 1 aromatic heterocycles. The molecule has 0 aromatic carbocycles. The number of carbonyl (C=O) groups excluding carboxylic acids is 1. The van der Waals surface area contributed by atoms with Crippen molar-refractivity contribution in [3.8, 4) is 0 Å². The number of nitrogens with zero attached hydrogens (tertiary/aromatic N) is 4. The molecule has 2 fully saturated rings. The van der Waals surface area contributed by atoms with Crippen molar-refractivity contribution in [2.24, 2.45) is 12.5 Å². The van der Waals surface area contributed by atoms with Crippen LogP contribution < -0.4 is 4.90 Å². The first-order valence-corrected chi connectivity index (χ1v) is 7.50. The summed E-state index contributed by atoms with van der Waals surface area (Å²) in [4.78, 5) is 20.9. The highest BCUT2D eigenvalue weighted by Gasteiger charge is 2.68. The predicted molar refractivity (Wildman–Crippen MR) is 79.2 cm³/mol. The Hall–Kier alpha value is -0.940. The molecule has 1 saturated heterocycles. The van der Waals surface area contributed by atoms with Crippen LogP contribution in [-0.2, 0) is 11.8 Å². The lowest BCUT2D eigenvalue weighted by Gasteiger charge is -2.36. The third kappa shape index (κ3) is 2.07. The number of halogens is 2. The van der Waals surface area contributed by atoms with E-state index in [9.17, 15) is 4.79 Å². The second kappa shape index (κ2) is 4.53. The van der Waals surface area contributed by atoms with Crippen molar-refractivity contribution >= 4 is 35.1 Å². The molecule has 20 heavy (non-hydrogen) atoms. The molecule has 5 nitrogen and oxygen atoms in total. The quantitative estimate of drug-likeness (QED) is 0.779. The van der Waals surface area contributed by atoms with Crippen LogP contribution in [0.2, 0.25) is 0 Å². The summed E-state index contributed by atoms with van der Waals surface area (Å²) in [6, 6.07) is 0. The van der Waals surface area contributed by atoms with E-state index in [1.165, 1.54) is 0 Å².